The summed E-state index contributed by atoms with van der Waals surface area (Å²) in [5.74, 6) is 0.803. The maximum Gasteiger partial charge on any atom is 0.0576 e. The van der Waals surface area contributed by atoms with Gasteiger partial charge in [0.15, 0.2) is 0 Å². The van der Waals surface area contributed by atoms with E-state index in [-0.39, 0.29) is 0 Å². The molecule has 0 aliphatic carbocycles. The second-order valence-electron chi connectivity index (χ2n) is 6.20. The molecule has 0 saturated carbocycles. The van der Waals surface area contributed by atoms with Crippen molar-refractivity contribution in [1.82, 2.24) is 5.32 Å². The fourth-order valence-corrected chi connectivity index (χ4v) is 2.86. The molecule has 0 amide bonds. The standard InChI is InChI=1S/C16H33NO/c1-4-11-17-15(13-14(2)3)8-5-6-9-16-10-7-12-18-16/h14-17H,4-13H2,1-3H3. The molecule has 2 unspecified atom stereocenters. The Bertz CT molecular complexity index is 188. The van der Waals surface area contributed by atoms with Crippen LogP contribution in [0.4, 0.5) is 0 Å². The van der Waals surface area contributed by atoms with E-state index < -0.39 is 0 Å². The molecule has 1 N–H and O–H groups in total. The zero-order valence-electron chi connectivity index (χ0n) is 12.7. The highest BCUT2D eigenvalue weighted by Crippen LogP contribution is 2.19. The second kappa shape index (κ2) is 9.80. The number of unbranched alkanes of at least 4 members (excludes halogenated alkanes) is 1. The molecular weight excluding hydrogens is 222 g/mol. The molecule has 1 rings (SSSR count). The van der Waals surface area contributed by atoms with Gasteiger partial charge in [-0.2, -0.15) is 0 Å². The van der Waals surface area contributed by atoms with Gasteiger partial charge in [-0.05, 0) is 51.0 Å². The minimum absolute atomic E-state index is 0.581. The topological polar surface area (TPSA) is 21.3 Å². The van der Waals surface area contributed by atoms with Gasteiger partial charge in [0.1, 0.15) is 0 Å². The lowest BCUT2D eigenvalue weighted by atomic mass is 9.97. The van der Waals surface area contributed by atoms with Crippen LogP contribution in [0.1, 0.15) is 72.1 Å². The summed E-state index contributed by atoms with van der Waals surface area (Å²) in [6, 6.07) is 0.731. The third kappa shape index (κ3) is 7.38. The largest absolute Gasteiger partial charge is 0.378 e. The zero-order valence-corrected chi connectivity index (χ0v) is 12.7. The van der Waals surface area contributed by atoms with E-state index in [9.17, 15) is 0 Å². The average Bonchev–Trinajstić information content (AvgIpc) is 2.83. The number of rotatable bonds is 10. The van der Waals surface area contributed by atoms with Gasteiger partial charge in [0.05, 0.1) is 6.10 Å². The lowest BCUT2D eigenvalue weighted by Gasteiger charge is -2.20. The first kappa shape index (κ1) is 16.0. The van der Waals surface area contributed by atoms with E-state index in [0.717, 1.165) is 18.6 Å². The minimum Gasteiger partial charge on any atom is -0.378 e. The summed E-state index contributed by atoms with van der Waals surface area (Å²) in [6.07, 6.45) is 11.0. The van der Waals surface area contributed by atoms with Crippen LogP contribution in [0.3, 0.4) is 0 Å². The van der Waals surface area contributed by atoms with Crippen molar-refractivity contribution in [2.75, 3.05) is 13.2 Å². The summed E-state index contributed by atoms with van der Waals surface area (Å²) in [6.45, 7) is 9.07. The Balaban J connectivity index is 2.07. The zero-order chi connectivity index (χ0) is 13.2. The highest BCUT2D eigenvalue weighted by molar-refractivity contribution is 4.70. The van der Waals surface area contributed by atoms with Crippen molar-refractivity contribution in [3.8, 4) is 0 Å². The van der Waals surface area contributed by atoms with Crippen LogP contribution in [0.2, 0.25) is 0 Å². The lowest BCUT2D eigenvalue weighted by Crippen LogP contribution is -2.31. The SMILES string of the molecule is CCCNC(CCCCC1CCCO1)CC(C)C. The van der Waals surface area contributed by atoms with Crippen molar-refractivity contribution in [3.05, 3.63) is 0 Å². The fraction of sp³-hybridized carbons (Fsp3) is 1.00. The van der Waals surface area contributed by atoms with Crippen molar-refractivity contribution < 1.29 is 4.74 Å². The molecule has 1 saturated heterocycles. The summed E-state index contributed by atoms with van der Waals surface area (Å²) >= 11 is 0. The van der Waals surface area contributed by atoms with Crippen molar-refractivity contribution in [2.45, 2.75) is 84.3 Å². The van der Waals surface area contributed by atoms with E-state index in [1.54, 1.807) is 0 Å². The molecule has 1 heterocycles. The molecule has 0 spiro atoms. The highest BCUT2D eigenvalue weighted by atomic mass is 16.5. The van der Waals surface area contributed by atoms with Crippen LogP contribution in [0, 0.1) is 5.92 Å². The Morgan fingerprint density at radius 3 is 2.72 bits per heavy atom. The highest BCUT2D eigenvalue weighted by Gasteiger charge is 2.15. The summed E-state index contributed by atoms with van der Waals surface area (Å²) in [5.41, 5.74) is 0. The summed E-state index contributed by atoms with van der Waals surface area (Å²) in [4.78, 5) is 0. The quantitative estimate of drug-likeness (QED) is 0.592. The van der Waals surface area contributed by atoms with E-state index in [4.69, 9.17) is 4.74 Å². The monoisotopic (exact) mass is 255 g/mol. The Labute approximate surface area is 114 Å². The van der Waals surface area contributed by atoms with Crippen molar-refractivity contribution in [2.24, 2.45) is 5.92 Å². The van der Waals surface area contributed by atoms with Crippen molar-refractivity contribution in [3.63, 3.8) is 0 Å². The number of ether oxygens (including phenoxy) is 1. The lowest BCUT2D eigenvalue weighted by molar-refractivity contribution is 0.101. The Kier molecular flexibility index (Phi) is 8.70. The van der Waals surface area contributed by atoms with Crippen molar-refractivity contribution in [1.29, 1.82) is 0 Å². The van der Waals surface area contributed by atoms with Gasteiger partial charge in [-0.1, -0.05) is 33.6 Å². The molecule has 0 aromatic carbocycles. The first-order valence-electron chi connectivity index (χ1n) is 8.07. The molecule has 0 bridgehead atoms. The Morgan fingerprint density at radius 1 is 1.28 bits per heavy atom. The first-order valence-corrected chi connectivity index (χ1v) is 8.07. The molecular formula is C16H33NO. The van der Waals surface area contributed by atoms with Crippen LogP contribution in [0.25, 0.3) is 0 Å². The Hall–Kier alpha value is -0.0800. The molecule has 2 nitrogen and oxygen atoms in total. The number of hydrogen-bond acceptors (Lipinski definition) is 2. The van der Waals surface area contributed by atoms with Crippen LogP contribution in [0.5, 0.6) is 0 Å². The predicted molar refractivity (Wildman–Crippen MR) is 79.0 cm³/mol. The summed E-state index contributed by atoms with van der Waals surface area (Å²) in [5, 5.41) is 3.70. The molecule has 1 aliphatic rings. The van der Waals surface area contributed by atoms with Crippen LogP contribution in [-0.4, -0.2) is 25.3 Å². The van der Waals surface area contributed by atoms with Gasteiger partial charge in [0.25, 0.3) is 0 Å². The predicted octanol–water partition coefficient (Wildman–Crippen LogP) is 4.14. The van der Waals surface area contributed by atoms with E-state index in [0.29, 0.717) is 6.10 Å². The molecule has 18 heavy (non-hydrogen) atoms. The molecule has 0 aromatic heterocycles. The molecule has 108 valence electrons. The average molecular weight is 255 g/mol. The maximum absolute atomic E-state index is 5.67. The molecule has 1 fully saturated rings. The first-order chi connectivity index (χ1) is 8.72. The minimum atomic E-state index is 0.581. The number of hydrogen-bond donors (Lipinski definition) is 1. The fourth-order valence-electron chi connectivity index (χ4n) is 2.86. The summed E-state index contributed by atoms with van der Waals surface area (Å²) < 4.78 is 5.67. The Morgan fingerprint density at radius 2 is 2.11 bits per heavy atom. The molecule has 0 radical (unpaired) electrons. The third-order valence-electron chi connectivity index (χ3n) is 3.79. The third-order valence-corrected chi connectivity index (χ3v) is 3.79. The molecule has 2 heteroatoms. The molecule has 1 aliphatic heterocycles. The van der Waals surface area contributed by atoms with Gasteiger partial charge in [-0.15, -0.1) is 0 Å². The van der Waals surface area contributed by atoms with E-state index in [1.165, 1.54) is 57.9 Å². The smallest absolute Gasteiger partial charge is 0.0576 e. The molecule has 2 atom stereocenters. The van der Waals surface area contributed by atoms with Gasteiger partial charge >= 0.3 is 0 Å². The maximum atomic E-state index is 5.67. The van der Waals surface area contributed by atoms with E-state index in [2.05, 4.69) is 26.1 Å². The van der Waals surface area contributed by atoms with E-state index in [1.807, 2.05) is 0 Å². The van der Waals surface area contributed by atoms with Gasteiger partial charge in [0.2, 0.25) is 0 Å². The van der Waals surface area contributed by atoms with Crippen LogP contribution >= 0.6 is 0 Å². The molecule has 0 aromatic rings. The normalized spacial score (nSPS) is 21.7. The van der Waals surface area contributed by atoms with Gasteiger partial charge < -0.3 is 10.1 Å². The van der Waals surface area contributed by atoms with Gasteiger partial charge in [-0.25, -0.2) is 0 Å². The van der Waals surface area contributed by atoms with Crippen LogP contribution in [-0.2, 0) is 4.74 Å². The number of nitrogens with one attached hydrogen (secondary N) is 1. The van der Waals surface area contributed by atoms with Crippen LogP contribution in [0.15, 0.2) is 0 Å². The van der Waals surface area contributed by atoms with E-state index >= 15 is 0 Å². The summed E-state index contributed by atoms with van der Waals surface area (Å²) in [7, 11) is 0. The van der Waals surface area contributed by atoms with Gasteiger partial charge in [0, 0.05) is 12.6 Å². The van der Waals surface area contributed by atoms with Crippen molar-refractivity contribution >= 4 is 0 Å². The second-order valence-corrected chi connectivity index (χ2v) is 6.20. The van der Waals surface area contributed by atoms with Crippen LogP contribution < -0.4 is 5.32 Å². The van der Waals surface area contributed by atoms with Gasteiger partial charge in [-0.3, -0.25) is 0 Å².